The van der Waals surface area contributed by atoms with Crippen molar-refractivity contribution < 1.29 is 5.11 Å². The van der Waals surface area contributed by atoms with Crippen LogP contribution in [0, 0.1) is 12.8 Å². The number of aromatic nitrogens is 4. The molecule has 3 aromatic heterocycles. The van der Waals surface area contributed by atoms with Gasteiger partial charge in [-0.1, -0.05) is 27.3 Å². The lowest BCUT2D eigenvalue weighted by atomic mass is 10.0. The molecule has 1 aromatic carbocycles. The van der Waals surface area contributed by atoms with Gasteiger partial charge in [-0.3, -0.25) is 0 Å². The summed E-state index contributed by atoms with van der Waals surface area (Å²) in [4.78, 5) is 15.6. The number of fused-ring (bicyclic) bond motifs is 2. The van der Waals surface area contributed by atoms with Crippen LogP contribution in [0.1, 0.15) is 32.7 Å². The summed E-state index contributed by atoms with van der Waals surface area (Å²) in [5, 5.41) is 14.1. The zero-order valence-corrected chi connectivity index (χ0v) is 15.9. The lowest BCUT2D eigenvalue weighted by Crippen LogP contribution is -2.36. The first kappa shape index (κ1) is 20.0. The molecule has 6 heteroatoms. The normalized spacial score (nSPS) is 12.6. The number of hydrogen-bond donors (Lipinski definition) is 4. The van der Waals surface area contributed by atoms with E-state index in [4.69, 9.17) is 0 Å². The minimum absolute atomic E-state index is 0. The molecule has 0 aliphatic rings. The monoisotopic (exact) mass is 379 g/mol. The molecule has 28 heavy (non-hydrogen) atoms. The fraction of sp³-hybridized carbons (Fsp3) is 0.364. The Balaban J connectivity index is 0.00000225. The Hall–Kier alpha value is -2.70. The van der Waals surface area contributed by atoms with Gasteiger partial charge in [0.2, 0.25) is 0 Å². The summed E-state index contributed by atoms with van der Waals surface area (Å²) in [5.74, 6) is 1.25. The molecule has 0 saturated carbocycles. The van der Waals surface area contributed by atoms with Crippen LogP contribution in [0.4, 0.5) is 0 Å². The summed E-state index contributed by atoms with van der Waals surface area (Å²) in [5.41, 5.74) is 6.09. The van der Waals surface area contributed by atoms with Gasteiger partial charge in [0.1, 0.15) is 5.82 Å². The second-order valence-corrected chi connectivity index (χ2v) is 7.40. The van der Waals surface area contributed by atoms with Gasteiger partial charge >= 0.3 is 0 Å². The number of aliphatic hydroxyl groups excluding tert-OH is 1. The Morgan fingerprint density at radius 2 is 1.96 bits per heavy atom. The number of H-pyrrole nitrogens is 2. The van der Waals surface area contributed by atoms with Crippen LogP contribution in [0.2, 0.25) is 0 Å². The molecule has 0 bridgehead atoms. The Labute approximate surface area is 165 Å². The molecule has 0 fully saturated rings. The number of imidazole rings is 1. The molecular formula is C22H29N5O. The van der Waals surface area contributed by atoms with Crippen LogP contribution in [0.5, 0.6) is 0 Å². The Morgan fingerprint density at radius 3 is 2.71 bits per heavy atom. The number of nitrogens with one attached hydrogen (secondary N) is 3. The molecule has 0 saturated heterocycles. The maximum absolute atomic E-state index is 9.48. The molecular weight excluding hydrogens is 350 g/mol. The summed E-state index contributed by atoms with van der Waals surface area (Å²) < 4.78 is 0. The van der Waals surface area contributed by atoms with Gasteiger partial charge in [-0.15, -0.1) is 0 Å². The predicted octanol–water partition coefficient (Wildman–Crippen LogP) is 4.16. The van der Waals surface area contributed by atoms with Crippen molar-refractivity contribution in [3.63, 3.8) is 0 Å². The van der Waals surface area contributed by atoms with Gasteiger partial charge in [0.15, 0.2) is 5.65 Å². The lowest BCUT2D eigenvalue weighted by molar-refractivity contribution is 0.210. The summed E-state index contributed by atoms with van der Waals surface area (Å²) in [6, 6.07) is 10.7. The smallest absolute Gasteiger partial charge is 0.178 e. The van der Waals surface area contributed by atoms with Gasteiger partial charge in [-0.2, -0.15) is 0 Å². The minimum atomic E-state index is 0. The number of nitrogens with zero attached hydrogens (tertiary/aromatic N) is 2. The van der Waals surface area contributed by atoms with Crippen molar-refractivity contribution in [2.75, 3.05) is 6.61 Å². The quantitative estimate of drug-likeness (QED) is 0.405. The molecule has 0 amide bonds. The zero-order valence-electron chi connectivity index (χ0n) is 15.9. The second-order valence-electron chi connectivity index (χ2n) is 7.40. The Morgan fingerprint density at radius 1 is 1.14 bits per heavy atom. The average Bonchev–Trinajstić information content (AvgIpc) is 3.23. The zero-order chi connectivity index (χ0) is 19.0. The molecule has 0 aliphatic carbocycles. The van der Waals surface area contributed by atoms with Crippen LogP contribution in [0.3, 0.4) is 0 Å². The van der Waals surface area contributed by atoms with Gasteiger partial charge in [-0.05, 0) is 42.7 Å². The number of aliphatic hydroxyl groups is 1. The number of hydrogen-bond acceptors (Lipinski definition) is 4. The largest absolute Gasteiger partial charge is 0.395 e. The highest BCUT2D eigenvalue weighted by atomic mass is 16.3. The van der Waals surface area contributed by atoms with Gasteiger partial charge in [0.05, 0.1) is 12.1 Å². The third-order valence-corrected chi connectivity index (χ3v) is 5.06. The minimum Gasteiger partial charge on any atom is -0.395 e. The molecule has 6 nitrogen and oxygen atoms in total. The molecule has 1 unspecified atom stereocenters. The number of benzene rings is 1. The number of rotatable bonds is 6. The highest BCUT2D eigenvalue weighted by Gasteiger charge is 2.13. The van der Waals surface area contributed by atoms with E-state index in [9.17, 15) is 5.11 Å². The molecule has 0 spiro atoms. The number of aromatic amines is 2. The number of aryl methyl sites for hydroxylation is 1. The van der Waals surface area contributed by atoms with Crippen molar-refractivity contribution in [2.24, 2.45) is 5.92 Å². The van der Waals surface area contributed by atoms with Gasteiger partial charge < -0.3 is 20.4 Å². The first-order valence-electron chi connectivity index (χ1n) is 9.32. The van der Waals surface area contributed by atoms with E-state index in [1.54, 1.807) is 6.20 Å². The third-order valence-electron chi connectivity index (χ3n) is 5.06. The van der Waals surface area contributed by atoms with Crippen molar-refractivity contribution in [1.29, 1.82) is 0 Å². The predicted molar refractivity (Wildman–Crippen MR) is 115 cm³/mol. The van der Waals surface area contributed by atoms with Crippen molar-refractivity contribution in [2.45, 2.75) is 40.8 Å². The fourth-order valence-electron chi connectivity index (χ4n) is 3.45. The van der Waals surface area contributed by atoms with Gasteiger partial charge in [0.25, 0.3) is 0 Å². The molecule has 4 aromatic rings. The van der Waals surface area contributed by atoms with Crippen LogP contribution in [-0.4, -0.2) is 37.7 Å². The SMILES string of the molecule is C.Cc1nc2nccc(-c3cc4cc(CNC(CO)C(C)C)ccc4[nH]3)c2[nH]1. The summed E-state index contributed by atoms with van der Waals surface area (Å²) in [7, 11) is 0. The average molecular weight is 380 g/mol. The summed E-state index contributed by atoms with van der Waals surface area (Å²) in [6.07, 6.45) is 1.79. The van der Waals surface area contributed by atoms with Gasteiger partial charge in [0, 0.05) is 40.9 Å². The third kappa shape index (κ3) is 3.79. The molecule has 1 atom stereocenters. The second kappa shape index (κ2) is 8.12. The van der Waals surface area contributed by atoms with E-state index in [-0.39, 0.29) is 20.1 Å². The van der Waals surface area contributed by atoms with E-state index in [1.165, 1.54) is 5.56 Å². The van der Waals surface area contributed by atoms with E-state index in [1.807, 2.05) is 13.0 Å². The fourth-order valence-corrected chi connectivity index (χ4v) is 3.45. The first-order chi connectivity index (χ1) is 13.0. The first-order valence-corrected chi connectivity index (χ1v) is 9.32. The molecule has 0 radical (unpaired) electrons. The maximum atomic E-state index is 9.48. The van der Waals surface area contributed by atoms with Crippen LogP contribution in [0.15, 0.2) is 36.5 Å². The Kier molecular flexibility index (Phi) is 5.82. The standard InChI is InChI=1S/C21H25N5O.CH4/c1-12(2)19(11-27)23-10-14-4-5-17-15(8-14)9-18(26-17)16-6-7-22-21-20(16)24-13(3)25-21;/h4-9,12,19,23,26-27H,10-11H2,1-3H3,(H,22,24,25);1H4. The van der Waals surface area contributed by atoms with E-state index >= 15 is 0 Å². The van der Waals surface area contributed by atoms with Crippen LogP contribution in [0.25, 0.3) is 33.3 Å². The molecule has 148 valence electrons. The van der Waals surface area contributed by atoms with E-state index < -0.39 is 0 Å². The number of pyridine rings is 1. The van der Waals surface area contributed by atoms with Gasteiger partial charge in [-0.25, -0.2) is 9.97 Å². The summed E-state index contributed by atoms with van der Waals surface area (Å²) >= 11 is 0. The molecule has 3 heterocycles. The van der Waals surface area contributed by atoms with Crippen molar-refractivity contribution in [3.05, 3.63) is 47.9 Å². The maximum Gasteiger partial charge on any atom is 0.178 e. The topological polar surface area (TPSA) is 89.6 Å². The molecule has 4 N–H and O–H groups in total. The van der Waals surface area contributed by atoms with E-state index in [2.05, 4.69) is 63.4 Å². The van der Waals surface area contributed by atoms with Crippen LogP contribution in [-0.2, 0) is 6.54 Å². The van der Waals surface area contributed by atoms with E-state index in [0.717, 1.165) is 45.7 Å². The molecule has 4 rings (SSSR count). The summed E-state index contributed by atoms with van der Waals surface area (Å²) in [6.45, 7) is 7.05. The van der Waals surface area contributed by atoms with Crippen molar-refractivity contribution >= 4 is 22.1 Å². The highest BCUT2D eigenvalue weighted by molar-refractivity contribution is 5.94. The highest BCUT2D eigenvalue weighted by Crippen LogP contribution is 2.29. The lowest BCUT2D eigenvalue weighted by Gasteiger charge is -2.19. The molecule has 0 aliphatic heterocycles. The van der Waals surface area contributed by atoms with Crippen molar-refractivity contribution in [3.8, 4) is 11.3 Å². The van der Waals surface area contributed by atoms with Crippen molar-refractivity contribution in [1.82, 2.24) is 25.3 Å². The van der Waals surface area contributed by atoms with Crippen LogP contribution >= 0.6 is 0 Å². The van der Waals surface area contributed by atoms with Crippen LogP contribution < -0.4 is 5.32 Å². The Bertz CT molecular complexity index is 1080. The van der Waals surface area contributed by atoms with E-state index in [0.29, 0.717) is 5.92 Å².